The molecular weight excluding hydrogens is 346 g/mol. The largest absolute Gasteiger partial charge is 0.357 e. The minimum atomic E-state index is -3.65. The molecule has 0 unspecified atom stereocenters. The SMILES string of the molecule is Cc1ccc(S(=O)(=O)NCc2ccnc(N3CCCC3)c2)c(Cl)c1. The van der Waals surface area contributed by atoms with E-state index in [0.717, 1.165) is 30.0 Å². The minimum Gasteiger partial charge on any atom is -0.357 e. The molecule has 7 heteroatoms. The Morgan fingerprint density at radius 3 is 2.67 bits per heavy atom. The first kappa shape index (κ1) is 17.2. The molecular formula is C17H20ClN3O2S. The second-order valence-electron chi connectivity index (χ2n) is 5.97. The van der Waals surface area contributed by atoms with Gasteiger partial charge in [0.15, 0.2) is 0 Å². The molecule has 5 nitrogen and oxygen atoms in total. The smallest absolute Gasteiger partial charge is 0.242 e. The fourth-order valence-electron chi connectivity index (χ4n) is 2.77. The van der Waals surface area contributed by atoms with Gasteiger partial charge in [0.25, 0.3) is 0 Å². The van der Waals surface area contributed by atoms with Crippen LogP contribution in [0.25, 0.3) is 0 Å². The first-order chi connectivity index (χ1) is 11.5. The van der Waals surface area contributed by atoms with Crippen LogP contribution < -0.4 is 9.62 Å². The summed E-state index contributed by atoms with van der Waals surface area (Å²) in [6, 6.07) is 8.66. The normalized spacial score (nSPS) is 15.0. The van der Waals surface area contributed by atoms with Crippen LogP contribution in [-0.4, -0.2) is 26.5 Å². The van der Waals surface area contributed by atoms with Gasteiger partial charge in [0.05, 0.1) is 5.02 Å². The highest BCUT2D eigenvalue weighted by Crippen LogP contribution is 2.23. The van der Waals surface area contributed by atoms with E-state index in [2.05, 4.69) is 14.6 Å². The summed E-state index contributed by atoms with van der Waals surface area (Å²) in [7, 11) is -3.65. The number of nitrogens with one attached hydrogen (secondary N) is 1. The Hall–Kier alpha value is -1.63. The van der Waals surface area contributed by atoms with E-state index in [-0.39, 0.29) is 16.5 Å². The summed E-state index contributed by atoms with van der Waals surface area (Å²) in [5.41, 5.74) is 1.79. The highest BCUT2D eigenvalue weighted by molar-refractivity contribution is 7.89. The van der Waals surface area contributed by atoms with Gasteiger partial charge < -0.3 is 4.90 Å². The van der Waals surface area contributed by atoms with Gasteiger partial charge in [-0.05, 0) is 55.2 Å². The molecule has 0 spiro atoms. The predicted molar refractivity (Wildman–Crippen MR) is 95.9 cm³/mol. The molecule has 128 valence electrons. The van der Waals surface area contributed by atoms with E-state index in [9.17, 15) is 8.42 Å². The van der Waals surface area contributed by atoms with Crippen molar-refractivity contribution in [3.63, 3.8) is 0 Å². The van der Waals surface area contributed by atoms with Gasteiger partial charge >= 0.3 is 0 Å². The van der Waals surface area contributed by atoms with E-state index in [1.54, 1.807) is 18.3 Å². The number of aromatic nitrogens is 1. The van der Waals surface area contributed by atoms with E-state index < -0.39 is 10.0 Å². The fraction of sp³-hybridized carbons (Fsp3) is 0.353. The molecule has 1 aliphatic rings. The molecule has 0 atom stereocenters. The number of aryl methyl sites for hydroxylation is 1. The van der Waals surface area contributed by atoms with Crippen molar-refractivity contribution in [3.8, 4) is 0 Å². The maximum absolute atomic E-state index is 12.5. The summed E-state index contributed by atoms with van der Waals surface area (Å²) in [5.74, 6) is 0.901. The van der Waals surface area contributed by atoms with E-state index >= 15 is 0 Å². The monoisotopic (exact) mass is 365 g/mol. The molecule has 1 N–H and O–H groups in total. The van der Waals surface area contributed by atoms with Crippen molar-refractivity contribution in [3.05, 3.63) is 52.7 Å². The van der Waals surface area contributed by atoms with Crippen molar-refractivity contribution in [2.24, 2.45) is 0 Å². The number of anilines is 1. The van der Waals surface area contributed by atoms with Crippen LogP contribution in [0.4, 0.5) is 5.82 Å². The van der Waals surface area contributed by atoms with Gasteiger partial charge in [-0.25, -0.2) is 18.1 Å². The van der Waals surface area contributed by atoms with E-state index in [0.29, 0.717) is 0 Å². The van der Waals surface area contributed by atoms with E-state index in [1.165, 1.54) is 18.9 Å². The van der Waals surface area contributed by atoms with Crippen molar-refractivity contribution in [2.75, 3.05) is 18.0 Å². The van der Waals surface area contributed by atoms with Gasteiger partial charge in [0, 0.05) is 25.8 Å². The summed E-state index contributed by atoms with van der Waals surface area (Å²) >= 11 is 6.07. The zero-order valence-corrected chi connectivity index (χ0v) is 15.1. The zero-order chi connectivity index (χ0) is 17.2. The second-order valence-corrected chi connectivity index (χ2v) is 8.12. The van der Waals surface area contributed by atoms with Crippen molar-refractivity contribution < 1.29 is 8.42 Å². The maximum Gasteiger partial charge on any atom is 0.242 e. The van der Waals surface area contributed by atoms with Gasteiger partial charge in [-0.2, -0.15) is 0 Å². The lowest BCUT2D eigenvalue weighted by Crippen LogP contribution is -2.24. The average Bonchev–Trinajstić information content (AvgIpc) is 3.07. The Morgan fingerprint density at radius 2 is 1.96 bits per heavy atom. The number of sulfonamides is 1. The summed E-state index contributed by atoms with van der Waals surface area (Å²) in [6.45, 7) is 4.07. The summed E-state index contributed by atoms with van der Waals surface area (Å²) in [5, 5.41) is 0.231. The first-order valence-electron chi connectivity index (χ1n) is 7.91. The van der Waals surface area contributed by atoms with Gasteiger partial charge in [0.2, 0.25) is 10.0 Å². The fourth-order valence-corrected chi connectivity index (χ4v) is 4.38. The van der Waals surface area contributed by atoms with Gasteiger partial charge in [-0.15, -0.1) is 0 Å². The Labute approximate surface area is 147 Å². The highest BCUT2D eigenvalue weighted by atomic mass is 35.5. The maximum atomic E-state index is 12.5. The number of halogens is 1. The molecule has 0 radical (unpaired) electrons. The lowest BCUT2D eigenvalue weighted by atomic mass is 10.2. The summed E-state index contributed by atoms with van der Waals surface area (Å²) in [4.78, 5) is 6.69. The summed E-state index contributed by atoms with van der Waals surface area (Å²) < 4.78 is 27.5. The van der Waals surface area contributed by atoms with Crippen LogP contribution in [0.15, 0.2) is 41.4 Å². The standard InChI is InChI=1S/C17H20ClN3O2S/c1-13-4-5-16(15(18)10-13)24(22,23)20-12-14-6-7-19-17(11-14)21-8-2-3-9-21/h4-7,10-11,20H,2-3,8-9,12H2,1H3. The molecule has 0 amide bonds. The van der Waals surface area contributed by atoms with Crippen LogP contribution in [0.3, 0.4) is 0 Å². The molecule has 2 aromatic rings. The topological polar surface area (TPSA) is 62.3 Å². The molecule has 0 aliphatic carbocycles. The van der Waals surface area contributed by atoms with Crippen molar-refractivity contribution in [2.45, 2.75) is 31.2 Å². The minimum absolute atomic E-state index is 0.101. The number of rotatable bonds is 5. The Kier molecular flexibility index (Phi) is 5.08. The summed E-state index contributed by atoms with van der Waals surface area (Å²) in [6.07, 6.45) is 4.06. The van der Waals surface area contributed by atoms with Crippen LogP contribution in [0.5, 0.6) is 0 Å². The Bertz CT molecular complexity index is 833. The van der Waals surface area contributed by atoms with Crippen LogP contribution in [0, 0.1) is 6.92 Å². The molecule has 1 saturated heterocycles. The second kappa shape index (κ2) is 7.09. The molecule has 1 aromatic carbocycles. The molecule has 0 saturated carbocycles. The number of benzene rings is 1. The van der Waals surface area contributed by atoms with Crippen molar-refractivity contribution >= 4 is 27.4 Å². The van der Waals surface area contributed by atoms with E-state index in [1.807, 2.05) is 19.1 Å². The molecule has 1 aliphatic heterocycles. The Morgan fingerprint density at radius 1 is 1.21 bits per heavy atom. The zero-order valence-electron chi connectivity index (χ0n) is 13.5. The average molecular weight is 366 g/mol. The Balaban J connectivity index is 1.73. The van der Waals surface area contributed by atoms with Crippen LogP contribution in [-0.2, 0) is 16.6 Å². The van der Waals surface area contributed by atoms with Gasteiger partial charge in [-0.1, -0.05) is 17.7 Å². The lowest BCUT2D eigenvalue weighted by molar-refractivity contribution is 0.581. The molecule has 1 fully saturated rings. The number of nitrogens with zero attached hydrogens (tertiary/aromatic N) is 2. The molecule has 1 aromatic heterocycles. The predicted octanol–water partition coefficient (Wildman–Crippen LogP) is 3.12. The quantitative estimate of drug-likeness (QED) is 0.884. The first-order valence-corrected chi connectivity index (χ1v) is 9.77. The van der Waals surface area contributed by atoms with Gasteiger partial charge in [-0.3, -0.25) is 0 Å². The third-order valence-electron chi connectivity index (χ3n) is 4.08. The number of pyridine rings is 1. The molecule has 24 heavy (non-hydrogen) atoms. The number of hydrogen-bond donors (Lipinski definition) is 1. The van der Waals surface area contributed by atoms with Crippen LogP contribution in [0.2, 0.25) is 5.02 Å². The highest BCUT2D eigenvalue weighted by Gasteiger charge is 2.18. The van der Waals surface area contributed by atoms with Gasteiger partial charge in [0.1, 0.15) is 10.7 Å². The molecule has 0 bridgehead atoms. The third-order valence-corrected chi connectivity index (χ3v) is 5.97. The third kappa shape index (κ3) is 3.88. The van der Waals surface area contributed by atoms with Crippen molar-refractivity contribution in [1.82, 2.24) is 9.71 Å². The lowest BCUT2D eigenvalue weighted by Gasteiger charge is -2.17. The van der Waals surface area contributed by atoms with E-state index in [4.69, 9.17) is 11.6 Å². The van der Waals surface area contributed by atoms with Crippen molar-refractivity contribution in [1.29, 1.82) is 0 Å². The molecule has 3 rings (SSSR count). The molecule has 2 heterocycles. The van der Waals surface area contributed by atoms with Crippen LogP contribution in [0.1, 0.15) is 24.0 Å². The number of hydrogen-bond acceptors (Lipinski definition) is 4. The van der Waals surface area contributed by atoms with Crippen LogP contribution >= 0.6 is 11.6 Å².